The van der Waals surface area contributed by atoms with E-state index in [2.05, 4.69) is 6.58 Å². The van der Waals surface area contributed by atoms with Crippen LogP contribution in [0, 0.1) is 6.92 Å². The zero-order valence-electron chi connectivity index (χ0n) is 14.7. The molecule has 0 aliphatic carbocycles. The largest absolute Gasteiger partial charge is 0.496 e. The molecule has 2 aromatic rings. The van der Waals surface area contributed by atoms with Gasteiger partial charge in [-0.2, -0.15) is 4.31 Å². The average Bonchev–Trinajstić information content (AvgIpc) is 2.60. The van der Waals surface area contributed by atoms with Crippen LogP contribution in [-0.2, 0) is 16.6 Å². The first-order valence-electron chi connectivity index (χ1n) is 7.82. The monoisotopic (exact) mass is 361 g/mol. The number of rotatable bonds is 8. The quantitative estimate of drug-likeness (QED) is 0.676. The lowest BCUT2D eigenvalue weighted by atomic mass is 10.2. The van der Waals surface area contributed by atoms with Gasteiger partial charge in [-0.3, -0.25) is 0 Å². The van der Waals surface area contributed by atoms with Gasteiger partial charge in [-0.25, -0.2) is 8.42 Å². The first-order chi connectivity index (χ1) is 11.9. The van der Waals surface area contributed by atoms with Crippen molar-refractivity contribution in [3.63, 3.8) is 0 Å². The highest BCUT2D eigenvalue weighted by atomic mass is 32.2. The van der Waals surface area contributed by atoms with Gasteiger partial charge in [0, 0.05) is 13.6 Å². The van der Waals surface area contributed by atoms with E-state index in [4.69, 9.17) is 9.47 Å². The van der Waals surface area contributed by atoms with Gasteiger partial charge < -0.3 is 9.47 Å². The molecule has 0 aliphatic rings. The molecule has 0 aromatic heterocycles. The van der Waals surface area contributed by atoms with Crippen LogP contribution in [0.3, 0.4) is 0 Å². The third-order valence-corrected chi connectivity index (χ3v) is 5.55. The van der Waals surface area contributed by atoms with Crippen LogP contribution in [0.25, 0.3) is 0 Å². The van der Waals surface area contributed by atoms with Gasteiger partial charge in [-0.05, 0) is 48.4 Å². The second kappa shape index (κ2) is 8.18. The average molecular weight is 361 g/mol. The Bertz CT molecular complexity index is 846. The van der Waals surface area contributed by atoms with Gasteiger partial charge in [0.1, 0.15) is 18.1 Å². The third kappa shape index (κ3) is 4.61. The first-order valence-corrected chi connectivity index (χ1v) is 9.26. The number of benzene rings is 2. The number of aryl methyl sites for hydroxylation is 1. The summed E-state index contributed by atoms with van der Waals surface area (Å²) in [7, 11) is -0.472. The third-order valence-electron chi connectivity index (χ3n) is 3.75. The zero-order valence-corrected chi connectivity index (χ0v) is 15.5. The van der Waals surface area contributed by atoms with Crippen LogP contribution in [-0.4, -0.2) is 33.5 Å². The second-order valence-electron chi connectivity index (χ2n) is 5.64. The molecule has 0 aliphatic heterocycles. The summed E-state index contributed by atoms with van der Waals surface area (Å²) in [4.78, 5) is 0.243. The number of nitrogens with zero attached hydrogens (tertiary/aromatic N) is 1. The van der Waals surface area contributed by atoms with Crippen LogP contribution in [0.5, 0.6) is 11.5 Å². The minimum atomic E-state index is -3.59. The summed E-state index contributed by atoms with van der Waals surface area (Å²) < 4.78 is 37.6. The van der Waals surface area contributed by atoms with E-state index in [9.17, 15) is 8.42 Å². The molecule has 134 valence electrons. The van der Waals surface area contributed by atoms with Gasteiger partial charge >= 0.3 is 0 Å². The molecule has 5 nitrogen and oxygen atoms in total. The van der Waals surface area contributed by atoms with Gasteiger partial charge in [0.15, 0.2) is 0 Å². The Balaban J connectivity index is 2.20. The van der Waals surface area contributed by atoms with E-state index in [-0.39, 0.29) is 11.4 Å². The molecular weight excluding hydrogens is 338 g/mol. The topological polar surface area (TPSA) is 55.8 Å². The number of sulfonamides is 1. The highest BCUT2D eigenvalue weighted by Crippen LogP contribution is 2.24. The van der Waals surface area contributed by atoms with Gasteiger partial charge in [0.2, 0.25) is 10.0 Å². The van der Waals surface area contributed by atoms with Gasteiger partial charge in [-0.15, -0.1) is 0 Å². The van der Waals surface area contributed by atoms with Crippen LogP contribution in [0.15, 0.2) is 60.0 Å². The van der Waals surface area contributed by atoms with Crippen molar-refractivity contribution in [1.29, 1.82) is 0 Å². The fraction of sp³-hybridized carbons (Fsp3) is 0.263. The molecule has 0 atom stereocenters. The lowest BCUT2D eigenvalue weighted by molar-refractivity contribution is 0.362. The van der Waals surface area contributed by atoms with Crippen molar-refractivity contribution in [1.82, 2.24) is 4.31 Å². The molecule has 0 N–H and O–H groups in total. The maximum Gasteiger partial charge on any atom is 0.243 e. The van der Waals surface area contributed by atoms with E-state index in [0.29, 0.717) is 18.1 Å². The Morgan fingerprint density at radius 3 is 2.60 bits per heavy atom. The molecule has 0 bridgehead atoms. The van der Waals surface area contributed by atoms with Crippen LogP contribution < -0.4 is 9.47 Å². The highest BCUT2D eigenvalue weighted by Gasteiger charge is 2.21. The minimum absolute atomic E-state index is 0.243. The maximum atomic E-state index is 12.8. The number of hydrogen-bond donors (Lipinski definition) is 0. The van der Waals surface area contributed by atoms with Crippen molar-refractivity contribution in [2.75, 3.05) is 20.8 Å². The summed E-state index contributed by atoms with van der Waals surface area (Å²) in [6, 6.07) is 12.2. The maximum absolute atomic E-state index is 12.8. The molecule has 2 aromatic carbocycles. The lowest BCUT2D eigenvalue weighted by Crippen LogP contribution is -2.26. The Hall–Kier alpha value is -2.31. The second-order valence-corrected chi connectivity index (χ2v) is 7.68. The van der Waals surface area contributed by atoms with E-state index < -0.39 is 10.0 Å². The number of ether oxygens (including phenoxy) is 2. The number of methoxy groups -OCH3 is 1. The molecule has 0 spiro atoms. The van der Waals surface area contributed by atoms with E-state index in [0.717, 1.165) is 11.1 Å². The Morgan fingerprint density at radius 2 is 1.96 bits per heavy atom. The van der Waals surface area contributed by atoms with Crippen molar-refractivity contribution in [3.8, 4) is 11.5 Å². The molecule has 0 fully saturated rings. The summed E-state index contributed by atoms with van der Waals surface area (Å²) in [5, 5.41) is 0. The van der Waals surface area contributed by atoms with Crippen molar-refractivity contribution in [2.24, 2.45) is 0 Å². The summed E-state index contributed by atoms with van der Waals surface area (Å²) in [6.07, 6.45) is 1.66. The predicted octanol–water partition coefficient (Wildman–Crippen LogP) is 3.39. The number of hydrogen-bond acceptors (Lipinski definition) is 4. The van der Waals surface area contributed by atoms with E-state index in [1.54, 1.807) is 38.4 Å². The van der Waals surface area contributed by atoms with Crippen LogP contribution in [0.4, 0.5) is 0 Å². The molecule has 0 radical (unpaired) electrons. The standard InChI is InChI=1S/C19H23NO4S/c1-5-11-24-17-8-6-7-16(13-17)14-20(3)25(21,22)18-9-10-19(23-4)15(2)12-18/h5-10,12-13H,1,11,14H2,2-4H3. The van der Waals surface area contributed by atoms with Crippen LogP contribution >= 0.6 is 0 Å². The SMILES string of the molecule is C=CCOc1cccc(CN(C)S(=O)(=O)c2ccc(OC)c(C)c2)c1. The molecule has 6 heteroatoms. The normalized spacial score (nSPS) is 11.4. The van der Waals surface area contributed by atoms with Gasteiger partial charge in [0.25, 0.3) is 0 Å². The predicted molar refractivity (Wildman–Crippen MR) is 98.5 cm³/mol. The smallest absolute Gasteiger partial charge is 0.243 e. The summed E-state index contributed by atoms with van der Waals surface area (Å²) in [5.41, 5.74) is 1.62. The molecule has 0 heterocycles. The highest BCUT2D eigenvalue weighted by molar-refractivity contribution is 7.89. The van der Waals surface area contributed by atoms with Crippen LogP contribution in [0.2, 0.25) is 0 Å². The summed E-state index contributed by atoms with van der Waals surface area (Å²) in [6.45, 7) is 6.08. The lowest BCUT2D eigenvalue weighted by Gasteiger charge is -2.18. The van der Waals surface area contributed by atoms with Crippen molar-refractivity contribution < 1.29 is 17.9 Å². The van der Waals surface area contributed by atoms with E-state index in [1.807, 2.05) is 31.2 Å². The molecule has 0 amide bonds. The van der Waals surface area contributed by atoms with E-state index in [1.165, 1.54) is 4.31 Å². The van der Waals surface area contributed by atoms with E-state index >= 15 is 0 Å². The van der Waals surface area contributed by atoms with Crippen molar-refractivity contribution in [3.05, 3.63) is 66.2 Å². The molecular formula is C19H23NO4S. The minimum Gasteiger partial charge on any atom is -0.496 e. The zero-order chi connectivity index (χ0) is 18.4. The molecule has 2 rings (SSSR count). The van der Waals surface area contributed by atoms with Crippen molar-refractivity contribution in [2.45, 2.75) is 18.4 Å². The van der Waals surface area contributed by atoms with Crippen molar-refractivity contribution >= 4 is 10.0 Å². The van der Waals surface area contributed by atoms with Crippen LogP contribution in [0.1, 0.15) is 11.1 Å². The Labute approximate surface area is 149 Å². The summed E-state index contributed by atoms with van der Waals surface area (Å²) >= 11 is 0. The molecule has 25 heavy (non-hydrogen) atoms. The molecule has 0 saturated heterocycles. The fourth-order valence-corrected chi connectivity index (χ4v) is 3.67. The first kappa shape index (κ1) is 19.0. The van der Waals surface area contributed by atoms with Gasteiger partial charge in [-0.1, -0.05) is 24.8 Å². The Morgan fingerprint density at radius 1 is 1.20 bits per heavy atom. The molecule has 0 unspecified atom stereocenters. The summed E-state index contributed by atoms with van der Waals surface area (Å²) in [5.74, 6) is 1.34. The van der Waals surface area contributed by atoms with Gasteiger partial charge in [0.05, 0.1) is 12.0 Å². The molecule has 0 saturated carbocycles. The Kier molecular flexibility index (Phi) is 6.22. The fourth-order valence-electron chi connectivity index (χ4n) is 2.42.